The molecule has 2 rings (SSSR count). The van der Waals surface area contributed by atoms with E-state index < -0.39 is 5.91 Å². The average Bonchev–Trinajstić information content (AvgIpc) is 2.62. The summed E-state index contributed by atoms with van der Waals surface area (Å²) < 4.78 is 1.03. The first-order valence-corrected chi connectivity index (χ1v) is 8.87. The van der Waals surface area contributed by atoms with Gasteiger partial charge in [-0.25, -0.2) is 0 Å². The Morgan fingerprint density at radius 1 is 1.20 bits per heavy atom. The minimum atomic E-state index is -0.432. The van der Waals surface area contributed by atoms with Crippen LogP contribution in [0.3, 0.4) is 0 Å². The van der Waals surface area contributed by atoms with Gasteiger partial charge in [-0.15, -0.1) is 0 Å². The molecule has 0 heterocycles. The predicted molar refractivity (Wildman–Crippen MR) is 103 cm³/mol. The number of hydrogen-bond donors (Lipinski definition) is 2. The lowest BCUT2D eigenvalue weighted by Gasteiger charge is -2.07. The molecule has 4 nitrogen and oxygen atoms in total. The molecule has 0 radical (unpaired) electrons. The molecule has 0 unspecified atom stereocenters. The highest BCUT2D eigenvalue weighted by molar-refractivity contribution is 9.10. The summed E-state index contributed by atoms with van der Waals surface area (Å²) in [5, 5.41) is 15.4. The van der Waals surface area contributed by atoms with Gasteiger partial charge in [0.15, 0.2) is 0 Å². The number of benzene rings is 2. The lowest BCUT2D eigenvalue weighted by atomic mass is 10.1. The Balaban J connectivity index is 1.82. The molecule has 0 aliphatic heterocycles. The zero-order chi connectivity index (χ0) is 18.1. The van der Waals surface area contributed by atoms with Gasteiger partial charge in [0.25, 0.3) is 5.91 Å². The van der Waals surface area contributed by atoms with E-state index in [1.807, 2.05) is 48.5 Å². The fourth-order valence-corrected chi connectivity index (χ4v) is 2.57. The van der Waals surface area contributed by atoms with Crippen LogP contribution >= 0.6 is 27.5 Å². The van der Waals surface area contributed by atoms with E-state index in [9.17, 15) is 4.79 Å². The largest absolute Gasteiger partial charge is 0.389 e. The number of carbonyl (C=O) groups is 1. The van der Waals surface area contributed by atoms with E-state index in [1.54, 1.807) is 6.07 Å². The molecule has 0 aliphatic carbocycles. The second kappa shape index (κ2) is 9.87. The number of nitrogens with zero attached hydrogens (tertiary/aromatic N) is 1. The van der Waals surface area contributed by atoms with Crippen molar-refractivity contribution in [1.29, 1.82) is 5.26 Å². The van der Waals surface area contributed by atoms with Gasteiger partial charge in [-0.2, -0.15) is 5.26 Å². The van der Waals surface area contributed by atoms with Gasteiger partial charge in [0.05, 0.1) is 0 Å². The van der Waals surface area contributed by atoms with Gasteiger partial charge < -0.3 is 10.6 Å². The maximum absolute atomic E-state index is 12.1. The molecule has 0 aliphatic rings. The van der Waals surface area contributed by atoms with Crippen LogP contribution in [0, 0.1) is 11.3 Å². The summed E-state index contributed by atoms with van der Waals surface area (Å²) in [4.78, 5) is 12.1. The Kier molecular flexibility index (Phi) is 7.52. The summed E-state index contributed by atoms with van der Waals surface area (Å²) in [5.74, 6) is -0.432. The van der Waals surface area contributed by atoms with Crippen LogP contribution in [0.2, 0.25) is 5.02 Å². The lowest BCUT2D eigenvalue weighted by Crippen LogP contribution is -2.25. The second-order valence-electron chi connectivity index (χ2n) is 5.27. The monoisotopic (exact) mass is 417 g/mol. The minimum absolute atomic E-state index is 0.0304. The highest BCUT2D eigenvalue weighted by Crippen LogP contribution is 2.14. The first-order valence-electron chi connectivity index (χ1n) is 7.70. The summed E-state index contributed by atoms with van der Waals surface area (Å²) in [6.45, 7) is 0.904. The SMILES string of the molecule is N#C/C(=C/NCCc1ccc(Br)cc1)C(=O)NCc1ccccc1Cl. The molecule has 0 saturated heterocycles. The number of nitriles is 1. The molecule has 25 heavy (non-hydrogen) atoms. The smallest absolute Gasteiger partial charge is 0.263 e. The van der Waals surface area contributed by atoms with Crippen molar-refractivity contribution in [3.05, 3.63) is 80.9 Å². The van der Waals surface area contributed by atoms with E-state index in [4.69, 9.17) is 16.9 Å². The molecule has 2 N–H and O–H groups in total. The van der Waals surface area contributed by atoms with Crippen LogP contribution < -0.4 is 10.6 Å². The molecule has 128 valence electrons. The maximum Gasteiger partial charge on any atom is 0.263 e. The second-order valence-corrected chi connectivity index (χ2v) is 6.60. The Bertz CT molecular complexity index is 797. The van der Waals surface area contributed by atoms with E-state index in [-0.39, 0.29) is 12.1 Å². The Morgan fingerprint density at radius 2 is 1.92 bits per heavy atom. The van der Waals surface area contributed by atoms with Crippen molar-refractivity contribution >= 4 is 33.4 Å². The molecule has 0 saturated carbocycles. The van der Waals surface area contributed by atoms with Gasteiger partial charge in [0.1, 0.15) is 11.6 Å². The topological polar surface area (TPSA) is 64.9 Å². The van der Waals surface area contributed by atoms with E-state index in [0.717, 1.165) is 16.5 Å². The third kappa shape index (κ3) is 6.26. The fourth-order valence-electron chi connectivity index (χ4n) is 2.10. The number of halogens is 2. The van der Waals surface area contributed by atoms with Crippen molar-refractivity contribution in [3.63, 3.8) is 0 Å². The Labute approximate surface area is 160 Å². The van der Waals surface area contributed by atoms with Crippen LogP contribution in [-0.2, 0) is 17.8 Å². The van der Waals surface area contributed by atoms with Crippen molar-refractivity contribution in [2.24, 2.45) is 0 Å². The maximum atomic E-state index is 12.1. The Hall–Kier alpha value is -2.29. The molecular formula is C19H17BrClN3O. The van der Waals surface area contributed by atoms with E-state index in [2.05, 4.69) is 26.6 Å². The fraction of sp³-hybridized carbons (Fsp3) is 0.158. The number of hydrogen-bond acceptors (Lipinski definition) is 3. The van der Waals surface area contributed by atoms with Crippen LogP contribution in [0.25, 0.3) is 0 Å². The highest BCUT2D eigenvalue weighted by atomic mass is 79.9. The number of amides is 1. The third-order valence-electron chi connectivity index (χ3n) is 3.48. The number of nitrogens with one attached hydrogen (secondary N) is 2. The summed E-state index contributed by atoms with van der Waals surface area (Å²) in [6, 6.07) is 17.2. The third-order valence-corrected chi connectivity index (χ3v) is 4.38. The van der Waals surface area contributed by atoms with Crippen LogP contribution in [0.15, 0.2) is 64.8 Å². The molecule has 0 aromatic heterocycles. The molecule has 1 amide bonds. The van der Waals surface area contributed by atoms with Crippen molar-refractivity contribution in [1.82, 2.24) is 10.6 Å². The van der Waals surface area contributed by atoms with E-state index >= 15 is 0 Å². The van der Waals surface area contributed by atoms with Crippen molar-refractivity contribution in [2.75, 3.05) is 6.54 Å². The first-order chi connectivity index (χ1) is 12.1. The standard InChI is InChI=1S/C19H17BrClN3O/c20-17-7-5-14(6-8-17)9-10-23-12-16(11-22)19(25)24-13-15-3-1-2-4-18(15)21/h1-8,12,23H,9-10,13H2,(H,24,25)/b16-12-. The van der Waals surface area contributed by atoms with Gasteiger partial charge in [-0.05, 0) is 35.7 Å². The molecule has 0 atom stereocenters. The highest BCUT2D eigenvalue weighted by Gasteiger charge is 2.09. The normalized spacial score (nSPS) is 10.8. The van der Waals surface area contributed by atoms with Gasteiger partial charge in [-0.3, -0.25) is 4.79 Å². The summed E-state index contributed by atoms with van der Waals surface area (Å²) in [6.07, 6.45) is 2.24. The number of carbonyl (C=O) groups excluding carboxylic acids is 1. The molecule has 2 aromatic carbocycles. The van der Waals surface area contributed by atoms with Crippen molar-refractivity contribution in [3.8, 4) is 6.07 Å². The zero-order valence-electron chi connectivity index (χ0n) is 13.4. The predicted octanol–water partition coefficient (Wildman–Crippen LogP) is 3.96. The van der Waals surface area contributed by atoms with E-state index in [1.165, 1.54) is 11.8 Å². The quantitative estimate of drug-likeness (QED) is 0.406. The summed E-state index contributed by atoms with van der Waals surface area (Å²) >= 11 is 9.44. The minimum Gasteiger partial charge on any atom is -0.389 e. The molecular weight excluding hydrogens is 402 g/mol. The van der Waals surface area contributed by atoms with E-state index in [0.29, 0.717) is 11.6 Å². The summed E-state index contributed by atoms with van der Waals surface area (Å²) in [5.41, 5.74) is 2.01. The average molecular weight is 419 g/mol. The lowest BCUT2D eigenvalue weighted by molar-refractivity contribution is -0.117. The Morgan fingerprint density at radius 3 is 2.60 bits per heavy atom. The summed E-state index contributed by atoms with van der Waals surface area (Å²) in [7, 11) is 0. The van der Waals surface area contributed by atoms with Crippen LogP contribution in [0.1, 0.15) is 11.1 Å². The van der Waals surface area contributed by atoms with Crippen LogP contribution in [0.4, 0.5) is 0 Å². The van der Waals surface area contributed by atoms with Crippen molar-refractivity contribution < 1.29 is 4.79 Å². The molecule has 0 bridgehead atoms. The molecule has 2 aromatic rings. The van der Waals surface area contributed by atoms with Crippen LogP contribution in [0.5, 0.6) is 0 Å². The van der Waals surface area contributed by atoms with Gasteiger partial charge >= 0.3 is 0 Å². The number of rotatable bonds is 7. The zero-order valence-corrected chi connectivity index (χ0v) is 15.8. The van der Waals surface area contributed by atoms with Crippen molar-refractivity contribution in [2.45, 2.75) is 13.0 Å². The van der Waals surface area contributed by atoms with Crippen LogP contribution in [-0.4, -0.2) is 12.5 Å². The van der Waals surface area contributed by atoms with Gasteiger partial charge in [-0.1, -0.05) is 57.9 Å². The van der Waals surface area contributed by atoms with Gasteiger partial charge in [0.2, 0.25) is 0 Å². The first kappa shape index (κ1) is 19.0. The van der Waals surface area contributed by atoms with Gasteiger partial charge in [0, 0.05) is 28.8 Å². The molecule has 6 heteroatoms. The molecule has 0 fully saturated rings. The molecule has 0 spiro atoms.